The Bertz CT molecular complexity index is 877. The van der Waals surface area contributed by atoms with Gasteiger partial charge in [0.25, 0.3) is 0 Å². The summed E-state index contributed by atoms with van der Waals surface area (Å²) >= 11 is 0. The minimum Gasteiger partial charge on any atom is -0.396 e. The molecule has 0 aromatic rings. The highest BCUT2D eigenvalue weighted by atomic mass is 16.3. The number of allylic oxidation sites excluding steroid dienone is 1. The number of nitrogens with two attached hydrogens (primary N) is 1. The summed E-state index contributed by atoms with van der Waals surface area (Å²) in [5.74, 6) is 2.83. The molecule has 0 aromatic heterocycles. The standard InChI is InChI=1S/C30H48N2O/c1-19(2)20-9-14-30(17-31)16-15-28(5)21(25(20)30)7-8-23-26(3)12-11-24(32)27(4,18-33)22(26)10-13-29(23,28)6/h20-25,33H,1,7-16,18,32H2,2-6H3/t20-,21+,22+,23+,24?,25+,26-,27+,28+,29+,30+/m0/s1. The highest BCUT2D eigenvalue weighted by Gasteiger charge is 2.71. The molecule has 0 spiro atoms. The van der Waals surface area contributed by atoms with E-state index in [0.717, 1.165) is 25.7 Å². The van der Waals surface area contributed by atoms with Gasteiger partial charge in [-0.15, -0.1) is 0 Å². The van der Waals surface area contributed by atoms with Gasteiger partial charge < -0.3 is 10.8 Å². The van der Waals surface area contributed by atoms with Crippen LogP contribution in [0.5, 0.6) is 0 Å². The Morgan fingerprint density at radius 1 is 0.939 bits per heavy atom. The first-order valence-corrected chi connectivity index (χ1v) is 13.9. The van der Waals surface area contributed by atoms with Crippen molar-refractivity contribution in [1.29, 1.82) is 5.26 Å². The third kappa shape index (κ3) is 2.75. The molecule has 0 bridgehead atoms. The lowest BCUT2D eigenvalue weighted by atomic mass is 9.32. The van der Waals surface area contributed by atoms with Crippen LogP contribution < -0.4 is 5.73 Å². The number of aliphatic hydroxyl groups is 1. The summed E-state index contributed by atoms with van der Waals surface area (Å²) in [6.07, 6.45) is 11.7. The van der Waals surface area contributed by atoms with E-state index in [1.54, 1.807) is 0 Å². The van der Waals surface area contributed by atoms with E-state index in [4.69, 9.17) is 5.73 Å². The average molecular weight is 453 g/mol. The van der Waals surface area contributed by atoms with Crippen molar-refractivity contribution in [2.45, 2.75) is 105 Å². The lowest BCUT2D eigenvalue weighted by Crippen LogP contribution is -2.68. The van der Waals surface area contributed by atoms with Gasteiger partial charge in [0, 0.05) is 11.5 Å². The molecular formula is C30H48N2O. The van der Waals surface area contributed by atoms with Crippen molar-refractivity contribution in [3.8, 4) is 6.07 Å². The maximum atomic E-state index is 10.5. The Balaban J connectivity index is 1.56. The van der Waals surface area contributed by atoms with Crippen LogP contribution in [0, 0.1) is 68.0 Å². The average Bonchev–Trinajstić information content (AvgIpc) is 3.17. The van der Waals surface area contributed by atoms with E-state index in [0.29, 0.717) is 35.0 Å². The maximum absolute atomic E-state index is 10.5. The van der Waals surface area contributed by atoms with Crippen molar-refractivity contribution < 1.29 is 5.11 Å². The first-order valence-electron chi connectivity index (χ1n) is 13.9. The van der Waals surface area contributed by atoms with Crippen molar-refractivity contribution in [3.05, 3.63) is 12.2 Å². The summed E-state index contributed by atoms with van der Waals surface area (Å²) in [5.41, 5.74) is 8.51. The lowest BCUT2D eigenvalue weighted by Gasteiger charge is -2.72. The molecule has 5 rings (SSSR count). The fourth-order valence-electron chi connectivity index (χ4n) is 11.4. The van der Waals surface area contributed by atoms with E-state index in [-0.39, 0.29) is 34.3 Å². The van der Waals surface area contributed by atoms with Gasteiger partial charge in [0.2, 0.25) is 0 Å². The second-order valence-electron chi connectivity index (χ2n) is 14.3. The fraction of sp³-hybridized carbons (Fsp3) is 0.900. The minimum atomic E-state index is -0.162. The van der Waals surface area contributed by atoms with Gasteiger partial charge in [0.05, 0.1) is 18.1 Å². The molecule has 0 heterocycles. The zero-order valence-corrected chi connectivity index (χ0v) is 21.9. The molecule has 1 unspecified atom stereocenters. The second kappa shape index (κ2) is 7.33. The topological polar surface area (TPSA) is 70.0 Å². The number of nitrogens with zero attached hydrogens (tertiary/aromatic N) is 1. The minimum absolute atomic E-state index is 0.109. The predicted molar refractivity (Wildman–Crippen MR) is 134 cm³/mol. The van der Waals surface area contributed by atoms with Gasteiger partial charge in [-0.1, -0.05) is 39.8 Å². The number of rotatable bonds is 2. The Labute approximate surface area is 202 Å². The van der Waals surface area contributed by atoms with Crippen LogP contribution in [0.15, 0.2) is 12.2 Å². The van der Waals surface area contributed by atoms with Gasteiger partial charge in [0.1, 0.15) is 0 Å². The molecule has 0 amide bonds. The first kappa shape index (κ1) is 23.9. The van der Waals surface area contributed by atoms with Crippen molar-refractivity contribution in [1.82, 2.24) is 0 Å². The SMILES string of the molecule is C=C(C)[C@@H]1CC[C@]2(C#N)CC[C@]3(C)[C@H](CC[C@@H]4[C@@]5(C)CCC(N)[C@](C)(CO)[C@@H]5CC[C@]43C)[C@@H]12. The fourth-order valence-corrected chi connectivity index (χ4v) is 11.4. The van der Waals surface area contributed by atoms with Gasteiger partial charge in [-0.25, -0.2) is 0 Å². The maximum Gasteiger partial charge on any atom is 0.0693 e. The summed E-state index contributed by atoms with van der Waals surface area (Å²) in [5, 5.41) is 20.9. The normalized spacial score (nSPS) is 57.8. The molecule has 0 aromatic carbocycles. The molecule has 5 fully saturated rings. The van der Waals surface area contributed by atoms with E-state index in [9.17, 15) is 10.4 Å². The third-order valence-corrected chi connectivity index (χ3v) is 13.5. The molecule has 11 atom stereocenters. The number of fused-ring (bicyclic) bond motifs is 7. The molecule has 184 valence electrons. The molecule has 5 aliphatic carbocycles. The van der Waals surface area contributed by atoms with Crippen LogP contribution in [-0.2, 0) is 0 Å². The van der Waals surface area contributed by atoms with E-state index in [1.807, 2.05) is 0 Å². The van der Waals surface area contributed by atoms with Crippen molar-refractivity contribution in [2.75, 3.05) is 6.61 Å². The molecule has 0 aliphatic heterocycles. The summed E-state index contributed by atoms with van der Waals surface area (Å²) < 4.78 is 0. The van der Waals surface area contributed by atoms with Crippen molar-refractivity contribution in [2.24, 2.45) is 62.4 Å². The van der Waals surface area contributed by atoms with Crippen LogP contribution in [0.25, 0.3) is 0 Å². The van der Waals surface area contributed by atoms with Gasteiger partial charge >= 0.3 is 0 Å². The Kier molecular flexibility index (Phi) is 5.30. The Morgan fingerprint density at radius 3 is 2.30 bits per heavy atom. The van der Waals surface area contributed by atoms with E-state index in [2.05, 4.69) is 47.3 Å². The smallest absolute Gasteiger partial charge is 0.0693 e. The zero-order chi connectivity index (χ0) is 24.0. The molecule has 5 aliphatic rings. The molecular weight excluding hydrogens is 404 g/mol. The summed E-state index contributed by atoms with van der Waals surface area (Å²) in [6, 6.07) is 3.00. The van der Waals surface area contributed by atoms with Gasteiger partial charge in [-0.2, -0.15) is 5.26 Å². The monoisotopic (exact) mass is 452 g/mol. The van der Waals surface area contributed by atoms with E-state index in [1.165, 1.54) is 44.1 Å². The number of nitriles is 1. The van der Waals surface area contributed by atoms with Crippen LogP contribution in [0.1, 0.15) is 98.8 Å². The van der Waals surface area contributed by atoms with E-state index < -0.39 is 0 Å². The highest BCUT2D eigenvalue weighted by molar-refractivity contribution is 5.25. The highest BCUT2D eigenvalue weighted by Crippen LogP contribution is 2.77. The van der Waals surface area contributed by atoms with Crippen LogP contribution in [0.3, 0.4) is 0 Å². The van der Waals surface area contributed by atoms with Gasteiger partial charge in [-0.3, -0.25) is 0 Å². The molecule has 3 N–H and O–H groups in total. The number of aliphatic hydroxyl groups excluding tert-OH is 1. The molecule has 0 saturated heterocycles. The number of hydrogen-bond acceptors (Lipinski definition) is 3. The molecule has 3 heteroatoms. The summed E-state index contributed by atoms with van der Waals surface area (Å²) in [7, 11) is 0. The summed E-state index contributed by atoms with van der Waals surface area (Å²) in [4.78, 5) is 0. The largest absolute Gasteiger partial charge is 0.396 e. The lowest BCUT2D eigenvalue weighted by molar-refractivity contribution is -0.239. The van der Waals surface area contributed by atoms with Crippen LogP contribution in [0.4, 0.5) is 0 Å². The summed E-state index contributed by atoms with van der Waals surface area (Å²) in [6.45, 7) is 16.9. The number of hydrogen-bond donors (Lipinski definition) is 2. The second-order valence-corrected chi connectivity index (χ2v) is 14.3. The van der Waals surface area contributed by atoms with E-state index >= 15 is 0 Å². The van der Waals surface area contributed by atoms with Crippen LogP contribution in [0.2, 0.25) is 0 Å². The molecule has 33 heavy (non-hydrogen) atoms. The van der Waals surface area contributed by atoms with Crippen LogP contribution >= 0.6 is 0 Å². The quantitative estimate of drug-likeness (QED) is 0.472. The molecule has 5 saturated carbocycles. The van der Waals surface area contributed by atoms with Gasteiger partial charge in [0.15, 0.2) is 0 Å². The zero-order valence-electron chi connectivity index (χ0n) is 21.9. The van der Waals surface area contributed by atoms with Gasteiger partial charge in [-0.05, 0) is 117 Å². The van der Waals surface area contributed by atoms with Crippen molar-refractivity contribution >= 4 is 0 Å². The molecule has 0 radical (unpaired) electrons. The van der Waals surface area contributed by atoms with Crippen molar-refractivity contribution in [3.63, 3.8) is 0 Å². The third-order valence-electron chi connectivity index (χ3n) is 13.5. The predicted octanol–water partition coefficient (Wildman–Crippen LogP) is 6.47. The Hall–Kier alpha value is -0.850. The Morgan fingerprint density at radius 2 is 1.67 bits per heavy atom. The molecule has 3 nitrogen and oxygen atoms in total. The first-order chi connectivity index (χ1) is 15.4. The van der Waals surface area contributed by atoms with Crippen LogP contribution in [-0.4, -0.2) is 17.8 Å².